The fraction of sp³-hybridized carbons (Fsp3) is 0.414. The highest BCUT2D eigenvalue weighted by Crippen LogP contribution is 2.47. The topological polar surface area (TPSA) is 126 Å². The van der Waals surface area contributed by atoms with Crippen LogP contribution in [0.25, 0.3) is 22.3 Å². The average Bonchev–Trinajstić information content (AvgIpc) is 3.59. The number of ether oxygens (including phenoxy) is 2. The summed E-state index contributed by atoms with van der Waals surface area (Å²) in [7, 11) is 0. The number of fused-ring (bicyclic) bond motifs is 2. The number of halogens is 6. The van der Waals surface area contributed by atoms with E-state index in [1.54, 1.807) is 0 Å². The maximum Gasteiger partial charge on any atom is 0.416 e. The quantitative estimate of drug-likeness (QED) is 0.109. The summed E-state index contributed by atoms with van der Waals surface area (Å²) in [6, 6.07) is 4.36. The maximum atomic E-state index is 13.7. The van der Waals surface area contributed by atoms with Gasteiger partial charge >= 0.3 is 12.4 Å². The average molecular weight is 656 g/mol. The number of nitrogen functional groups attached to an aromatic ring is 1. The number of nitrogens with two attached hydrogens (primary N) is 2. The fourth-order valence-electron chi connectivity index (χ4n) is 4.89. The molecule has 242 valence electrons. The Labute approximate surface area is 258 Å². The maximum absolute atomic E-state index is 13.7. The van der Waals surface area contributed by atoms with Crippen LogP contribution in [0.5, 0.6) is 11.5 Å². The van der Waals surface area contributed by atoms with E-state index >= 15 is 0 Å². The molecule has 45 heavy (non-hydrogen) atoms. The lowest BCUT2D eigenvalue weighted by Gasteiger charge is -2.17. The Morgan fingerprint density at radius 3 is 2.20 bits per heavy atom. The predicted octanol–water partition coefficient (Wildman–Crippen LogP) is 6.49. The third-order valence-electron chi connectivity index (χ3n) is 7.14. The van der Waals surface area contributed by atoms with Crippen molar-refractivity contribution < 1.29 is 35.8 Å². The number of hydrogen-bond donors (Lipinski definition) is 3. The Morgan fingerprint density at radius 1 is 0.844 bits per heavy atom. The molecule has 2 aromatic heterocycles. The zero-order valence-electron chi connectivity index (χ0n) is 24.0. The lowest BCUT2D eigenvalue weighted by atomic mass is 9.98. The molecular formula is C29H31F6N7O2S. The monoisotopic (exact) mass is 655 g/mol. The van der Waals surface area contributed by atoms with Crippen molar-refractivity contribution in [3.8, 4) is 22.6 Å². The first-order valence-electron chi connectivity index (χ1n) is 14.2. The Kier molecular flexibility index (Phi) is 9.94. The van der Waals surface area contributed by atoms with E-state index in [2.05, 4.69) is 20.3 Å². The van der Waals surface area contributed by atoms with Gasteiger partial charge in [0, 0.05) is 11.4 Å². The van der Waals surface area contributed by atoms with E-state index in [0.717, 1.165) is 44.0 Å². The van der Waals surface area contributed by atoms with Crippen LogP contribution in [0, 0.1) is 0 Å². The van der Waals surface area contributed by atoms with Gasteiger partial charge in [0.2, 0.25) is 6.79 Å². The minimum absolute atomic E-state index is 0.0785. The summed E-state index contributed by atoms with van der Waals surface area (Å²) < 4.78 is 95.1. The number of aryl methyl sites for hydroxylation is 1. The van der Waals surface area contributed by atoms with Crippen LogP contribution < -0.4 is 26.3 Å². The van der Waals surface area contributed by atoms with Crippen molar-refractivity contribution in [3.63, 3.8) is 0 Å². The number of imidazole rings is 1. The number of benzene rings is 2. The van der Waals surface area contributed by atoms with E-state index in [4.69, 9.17) is 20.9 Å². The molecule has 3 heterocycles. The minimum atomic E-state index is -5.01. The van der Waals surface area contributed by atoms with E-state index in [1.807, 2.05) is 4.57 Å². The zero-order valence-corrected chi connectivity index (χ0v) is 24.8. The van der Waals surface area contributed by atoms with Crippen molar-refractivity contribution >= 4 is 28.7 Å². The molecule has 2 aromatic carbocycles. The van der Waals surface area contributed by atoms with Gasteiger partial charge in [-0.1, -0.05) is 24.6 Å². The van der Waals surface area contributed by atoms with Gasteiger partial charge in [-0.25, -0.2) is 15.0 Å². The van der Waals surface area contributed by atoms with Crippen molar-refractivity contribution in [3.05, 3.63) is 47.8 Å². The second-order valence-corrected chi connectivity index (χ2v) is 11.4. The highest BCUT2D eigenvalue weighted by atomic mass is 32.2. The Morgan fingerprint density at radius 2 is 1.51 bits per heavy atom. The molecule has 5 rings (SSSR count). The summed E-state index contributed by atoms with van der Waals surface area (Å²) in [5.74, 6) is 0.620. The van der Waals surface area contributed by atoms with Crippen LogP contribution in [0.4, 0.5) is 32.2 Å². The molecule has 0 radical (unpaired) electrons. The molecule has 0 unspecified atom stereocenters. The van der Waals surface area contributed by atoms with Gasteiger partial charge in [-0.2, -0.15) is 26.3 Å². The van der Waals surface area contributed by atoms with E-state index in [0.29, 0.717) is 65.2 Å². The second kappa shape index (κ2) is 13.7. The highest BCUT2D eigenvalue weighted by molar-refractivity contribution is 7.99. The lowest BCUT2D eigenvalue weighted by molar-refractivity contribution is -0.143. The van der Waals surface area contributed by atoms with Gasteiger partial charge in [0.25, 0.3) is 0 Å². The Hall–Kier alpha value is -3.76. The van der Waals surface area contributed by atoms with Crippen molar-refractivity contribution in [2.45, 2.75) is 61.1 Å². The third-order valence-corrected chi connectivity index (χ3v) is 8.19. The number of nitrogens with zero attached hydrogens (tertiary/aromatic N) is 4. The Bertz CT molecular complexity index is 1610. The first-order valence-corrected chi connectivity index (χ1v) is 15.1. The second-order valence-electron chi connectivity index (χ2n) is 10.4. The van der Waals surface area contributed by atoms with E-state index < -0.39 is 23.5 Å². The van der Waals surface area contributed by atoms with Gasteiger partial charge in [-0.05, 0) is 80.4 Å². The first kappa shape index (κ1) is 32.6. The van der Waals surface area contributed by atoms with E-state index in [1.165, 1.54) is 18.5 Å². The molecule has 0 atom stereocenters. The fourth-order valence-corrected chi connectivity index (χ4v) is 5.96. The van der Waals surface area contributed by atoms with Crippen LogP contribution in [0.2, 0.25) is 0 Å². The number of anilines is 1. The van der Waals surface area contributed by atoms with Gasteiger partial charge in [-0.3, -0.25) is 0 Å². The summed E-state index contributed by atoms with van der Waals surface area (Å²) in [5.41, 5.74) is 9.32. The van der Waals surface area contributed by atoms with Crippen LogP contribution in [0.15, 0.2) is 46.7 Å². The molecular weight excluding hydrogens is 624 g/mol. The summed E-state index contributed by atoms with van der Waals surface area (Å²) in [6.07, 6.45) is -3.84. The van der Waals surface area contributed by atoms with E-state index in [9.17, 15) is 26.3 Å². The SMILES string of the molecule is NCCCCCCNCCCn1c(Sc2cc3c(cc2-c2cc(C(F)(F)F)cc(C(F)(F)F)c2)OCO3)nc2c(N)ncnc21. The number of hydrogen-bond acceptors (Lipinski definition) is 9. The van der Waals surface area contributed by atoms with Crippen LogP contribution in [0.3, 0.4) is 0 Å². The number of alkyl halides is 6. The van der Waals surface area contributed by atoms with Crippen LogP contribution >= 0.6 is 11.8 Å². The van der Waals surface area contributed by atoms with Crippen molar-refractivity contribution in [2.75, 3.05) is 32.2 Å². The summed E-state index contributed by atoms with van der Waals surface area (Å²) in [5, 5.41) is 3.78. The molecule has 1 aliphatic rings. The van der Waals surface area contributed by atoms with Gasteiger partial charge in [0.05, 0.1) is 11.1 Å². The number of unbranched alkanes of at least 4 members (excludes halogenated alkanes) is 3. The molecule has 0 saturated heterocycles. The Balaban J connectivity index is 1.49. The summed E-state index contributed by atoms with van der Waals surface area (Å²) in [4.78, 5) is 13.3. The molecule has 0 bridgehead atoms. The van der Waals surface area contributed by atoms with E-state index in [-0.39, 0.29) is 35.6 Å². The third kappa shape index (κ3) is 7.73. The molecule has 0 saturated carbocycles. The molecule has 16 heteroatoms. The largest absolute Gasteiger partial charge is 0.454 e. The molecule has 0 spiro atoms. The zero-order chi connectivity index (χ0) is 32.2. The van der Waals surface area contributed by atoms with Gasteiger partial charge in [0.15, 0.2) is 33.6 Å². The molecule has 9 nitrogen and oxygen atoms in total. The molecule has 5 N–H and O–H groups in total. The van der Waals surface area contributed by atoms with Crippen molar-refractivity contribution in [2.24, 2.45) is 5.73 Å². The van der Waals surface area contributed by atoms with Gasteiger partial charge < -0.3 is 30.8 Å². The number of aromatic nitrogens is 4. The lowest BCUT2D eigenvalue weighted by Crippen LogP contribution is -2.18. The van der Waals surface area contributed by atoms with Gasteiger partial charge in [0.1, 0.15) is 6.33 Å². The molecule has 0 aliphatic carbocycles. The highest BCUT2D eigenvalue weighted by Gasteiger charge is 2.37. The summed E-state index contributed by atoms with van der Waals surface area (Å²) >= 11 is 1.04. The smallest absolute Gasteiger partial charge is 0.416 e. The minimum Gasteiger partial charge on any atom is -0.454 e. The normalized spacial score (nSPS) is 13.2. The van der Waals surface area contributed by atoms with Gasteiger partial charge in [-0.15, -0.1) is 0 Å². The van der Waals surface area contributed by atoms with Crippen molar-refractivity contribution in [1.29, 1.82) is 0 Å². The molecule has 1 aliphatic heterocycles. The molecule has 0 fully saturated rings. The van der Waals surface area contributed by atoms with Crippen LogP contribution in [-0.2, 0) is 18.9 Å². The molecule has 4 aromatic rings. The summed E-state index contributed by atoms with van der Waals surface area (Å²) in [6.45, 7) is 2.54. The van der Waals surface area contributed by atoms with Crippen LogP contribution in [-0.4, -0.2) is 45.9 Å². The number of rotatable bonds is 13. The molecule has 0 amide bonds. The van der Waals surface area contributed by atoms with Crippen molar-refractivity contribution in [1.82, 2.24) is 24.8 Å². The number of nitrogens with one attached hydrogen (secondary N) is 1. The predicted molar refractivity (Wildman–Crippen MR) is 157 cm³/mol. The van der Waals surface area contributed by atoms with Crippen LogP contribution in [0.1, 0.15) is 43.2 Å². The first-order chi connectivity index (χ1) is 21.5. The standard InChI is InChI=1S/C29H31F6N7O2S/c30-28(31,32)18-10-17(11-19(12-18)29(33,34)35)20-13-21-22(44-16-43-21)14-23(20)45-27-41-24-25(37)39-15-40-26(24)42(27)9-5-8-38-7-4-2-1-3-6-36/h10-15,38H,1-9,16,36H2,(H2,37,39,40).